The molecular formula is C24H29N3O6S. The van der Waals surface area contributed by atoms with E-state index in [1.807, 2.05) is 6.92 Å². The van der Waals surface area contributed by atoms with Gasteiger partial charge in [-0.2, -0.15) is 4.31 Å². The van der Waals surface area contributed by atoms with E-state index in [0.717, 1.165) is 9.87 Å². The van der Waals surface area contributed by atoms with Crippen molar-refractivity contribution < 1.29 is 27.9 Å². The van der Waals surface area contributed by atoms with Gasteiger partial charge in [0.05, 0.1) is 4.90 Å². The summed E-state index contributed by atoms with van der Waals surface area (Å²) in [4.78, 5) is 37.9. The van der Waals surface area contributed by atoms with Gasteiger partial charge in [0.1, 0.15) is 12.1 Å². The van der Waals surface area contributed by atoms with Crippen LogP contribution >= 0.6 is 0 Å². The molecule has 0 spiro atoms. The molecule has 1 heterocycles. The Kier molecular flexibility index (Phi) is 7.73. The molecule has 3 rings (SSSR count). The molecule has 0 unspecified atom stereocenters. The van der Waals surface area contributed by atoms with Gasteiger partial charge in [0.15, 0.2) is 0 Å². The Morgan fingerprint density at radius 3 is 2.29 bits per heavy atom. The number of aryl methyl sites for hydroxylation is 1. The van der Waals surface area contributed by atoms with Gasteiger partial charge in [0.25, 0.3) is 0 Å². The highest BCUT2D eigenvalue weighted by Gasteiger charge is 2.40. The fraction of sp³-hybridized carbons (Fsp3) is 0.375. The highest BCUT2D eigenvalue weighted by Crippen LogP contribution is 2.26. The second-order valence-corrected chi connectivity index (χ2v) is 10.3. The number of nitrogens with zero attached hydrogens (tertiary/aromatic N) is 2. The lowest BCUT2D eigenvalue weighted by molar-refractivity contribution is -0.142. The zero-order chi connectivity index (χ0) is 25.0. The van der Waals surface area contributed by atoms with Crippen LogP contribution in [0.15, 0.2) is 53.4 Å². The van der Waals surface area contributed by atoms with E-state index in [1.165, 1.54) is 24.0 Å². The summed E-state index contributed by atoms with van der Waals surface area (Å²) < 4.78 is 27.4. The number of hydrogen-bond donors (Lipinski definition) is 2. The summed E-state index contributed by atoms with van der Waals surface area (Å²) in [5.41, 5.74) is 2.24. The average molecular weight is 488 g/mol. The minimum Gasteiger partial charge on any atom is -0.480 e. The van der Waals surface area contributed by atoms with Gasteiger partial charge >= 0.3 is 5.97 Å². The number of carboxylic acid groups (broad SMARTS) is 1. The standard InChI is InChI=1S/C24H29N3O6S/c1-16-6-12-20(13-7-16)34(32,33)27-14-4-5-22(27)23(29)25-21(24(30)31)15-18-8-10-19(11-9-18)26(3)17(2)28/h6-13,21-22H,4-5,14-15H2,1-3H3,(H,25,29)(H,30,31)/t21-,22-/m0/s1. The first-order valence-corrected chi connectivity index (χ1v) is 12.4. The van der Waals surface area contributed by atoms with E-state index in [1.54, 1.807) is 43.4 Å². The summed E-state index contributed by atoms with van der Waals surface area (Å²) in [7, 11) is -2.26. The van der Waals surface area contributed by atoms with Crippen molar-refractivity contribution in [2.45, 2.75) is 50.1 Å². The number of carboxylic acids is 1. The molecule has 0 aliphatic carbocycles. The summed E-state index contributed by atoms with van der Waals surface area (Å²) in [6, 6.07) is 11.0. The Hall–Kier alpha value is -3.24. The van der Waals surface area contributed by atoms with Crippen LogP contribution in [-0.4, -0.2) is 61.3 Å². The summed E-state index contributed by atoms with van der Waals surface area (Å²) in [5, 5.41) is 12.2. The van der Waals surface area contributed by atoms with Gasteiger partial charge in [-0.25, -0.2) is 13.2 Å². The summed E-state index contributed by atoms with van der Waals surface area (Å²) in [6.45, 7) is 3.48. The fourth-order valence-corrected chi connectivity index (χ4v) is 5.53. The molecule has 2 atom stereocenters. The average Bonchev–Trinajstić information content (AvgIpc) is 3.30. The maximum absolute atomic E-state index is 13.1. The summed E-state index contributed by atoms with van der Waals surface area (Å²) >= 11 is 0. The van der Waals surface area contributed by atoms with Gasteiger partial charge in [0.2, 0.25) is 21.8 Å². The first kappa shape index (κ1) is 25.4. The van der Waals surface area contributed by atoms with E-state index in [2.05, 4.69) is 5.32 Å². The van der Waals surface area contributed by atoms with Gasteiger partial charge in [0, 0.05) is 32.6 Å². The van der Waals surface area contributed by atoms with E-state index in [9.17, 15) is 27.9 Å². The number of hydrogen-bond acceptors (Lipinski definition) is 5. The predicted octanol–water partition coefficient (Wildman–Crippen LogP) is 1.94. The SMILES string of the molecule is CC(=O)N(C)c1ccc(C[C@H](NC(=O)[C@@H]2CCCN2S(=O)(=O)c2ccc(C)cc2)C(=O)O)cc1. The zero-order valence-electron chi connectivity index (χ0n) is 19.4. The zero-order valence-corrected chi connectivity index (χ0v) is 20.2. The lowest BCUT2D eigenvalue weighted by Gasteiger charge is -2.25. The van der Waals surface area contributed by atoms with Gasteiger partial charge in [-0.3, -0.25) is 9.59 Å². The topological polar surface area (TPSA) is 124 Å². The van der Waals surface area contributed by atoms with Crippen molar-refractivity contribution in [1.82, 2.24) is 9.62 Å². The van der Waals surface area contributed by atoms with Crippen LogP contribution in [0, 0.1) is 6.92 Å². The minimum absolute atomic E-state index is 0.0164. The van der Waals surface area contributed by atoms with Crippen molar-refractivity contribution in [2.24, 2.45) is 0 Å². The molecule has 182 valence electrons. The van der Waals surface area contributed by atoms with E-state index < -0.39 is 34.0 Å². The Morgan fingerprint density at radius 1 is 1.12 bits per heavy atom. The minimum atomic E-state index is -3.89. The molecular weight excluding hydrogens is 458 g/mol. The van der Waals surface area contributed by atoms with Crippen LogP contribution in [0.5, 0.6) is 0 Å². The molecule has 34 heavy (non-hydrogen) atoms. The van der Waals surface area contributed by atoms with Crippen LogP contribution in [0.1, 0.15) is 30.9 Å². The van der Waals surface area contributed by atoms with Crippen molar-refractivity contribution in [3.63, 3.8) is 0 Å². The summed E-state index contributed by atoms with van der Waals surface area (Å²) in [5.74, 6) is -1.98. The normalized spacial score (nSPS) is 17.2. The van der Waals surface area contributed by atoms with Gasteiger partial charge in [-0.1, -0.05) is 29.8 Å². The number of aliphatic carboxylic acids is 1. The van der Waals surface area contributed by atoms with Crippen molar-refractivity contribution in [3.8, 4) is 0 Å². The molecule has 0 saturated carbocycles. The van der Waals surface area contributed by atoms with Crippen molar-refractivity contribution in [2.75, 3.05) is 18.5 Å². The third-order valence-electron chi connectivity index (χ3n) is 5.98. The Labute approximate surface area is 199 Å². The van der Waals surface area contributed by atoms with Gasteiger partial charge in [-0.05, 0) is 49.6 Å². The van der Waals surface area contributed by atoms with Gasteiger partial charge < -0.3 is 15.3 Å². The van der Waals surface area contributed by atoms with E-state index >= 15 is 0 Å². The fourth-order valence-electron chi connectivity index (χ4n) is 3.88. The molecule has 0 aromatic heterocycles. The molecule has 1 aliphatic rings. The van der Waals surface area contributed by atoms with Crippen LogP contribution in [-0.2, 0) is 30.8 Å². The number of sulfonamides is 1. The Balaban J connectivity index is 1.73. The molecule has 1 fully saturated rings. The molecule has 0 radical (unpaired) electrons. The van der Waals surface area contributed by atoms with Gasteiger partial charge in [-0.15, -0.1) is 0 Å². The van der Waals surface area contributed by atoms with Crippen molar-refractivity contribution >= 4 is 33.5 Å². The molecule has 2 N–H and O–H groups in total. The number of anilines is 1. The van der Waals surface area contributed by atoms with Crippen LogP contribution in [0.2, 0.25) is 0 Å². The molecule has 1 saturated heterocycles. The predicted molar refractivity (Wildman–Crippen MR) is 127 cm³/mol. The highest BCUT2D eigenvalue weighted by molar-refractivity contribution is 7.89. The maximum atomic E-state index is 13.1. The smallest absolute Gasteiger partial charge is 0.326 e. The first-order valence-electron chi connectivity index (χ1n) is 11.0. The Bertz CT molecular complexity index is 1160. The van der Waals surface area contributed by atoms with Crippen LogP contribution in [0.25, 0.3) is 0 Å². The molecule has 2 aromatic carbocycles. The Morgan fingerprint density at radius 2 is 1.74 bits per heavy atom. The lowest BCUT2D eigenvalue weighted by Crippen LogP contribution is -2.51. The summed E-state index contributed by atoms with van der Waals surface area (Å²) in [6.07, 6.45) is 0.837. The number of nitrogens with one attached hydrogen (secondary N) is 1. The molecule has 0 bridgehead atoms. The number of amides is 2. The van der Waals surface area contributed by atoms with E-state index in [0.29, 0.717) is 24.1 Å². The molecule has 1 aliphatic heterocycles. The largest absolute Gasteiger partial charge is 0.480 e. The van der Waals surface area contributed by atoms with E-state index in [-0.39, 0.29) is 23.8 Å². The first-order chi connectivity index (χ1) is 16.0. The van der Waals surface area contributed by atoms with Crippen molar-refractivity contribution in [3.05, 3.63) is 59.7 Å². The third-order valence-corrected chi connectivity index (χ3v) is 7.91. The maximum Gasteiger partial charge on any atom is 0.326 e. The number of benzene rings is 2. The second-order valence-electron chi connectivity index (χ2n) is 8.43. The number of carbonyl (C=O) groups excluding carboxylic acids is 2. The van der Waals surface area contributed by atoms with Crippen LogP contribution in [0.4, 0.5) is 5.69 Å². The van der Waals surface area contributed by atoms with Crippen LogP contribution in [0.3, 0.4) is 0 Å². The lowest BCUT2D eigenvalue weighted by atomic mass is 10.0. The second kappa shape index (κ2) is 10.4. The highest BCUT2D eigenvalue weighted by atomic mass is 32.2. The van der Waals surface area contributed by atoms with Crippen molar-refractivity contribution in [1.29, 1.82) is 0 Å². The van der Waals surface area contributed by atoms with Crippen LogP contribution < -0.4 is 10.2 Å². The molecule has 9 nitrogen and oxygen atoms in total. The quantitative estimate of drug-likeness (QED) is 0.587. The monoisotopic (exact) mass is 487 g/mol. The molecule has 2 amide bonds. The van der Waals surface area contributed by atoms with E-state index in [4.69, 9.17) is 0 Å². The molecule has 2 aromatic rings. The third kappa shape index (κ3) is 5.63. The molecule has 10 heteroatoms. The number of carbonyl (C=O) groups is 3. The number of rotatable bonds is 8.